The van der Waals surface area contributed by atoms with E-state index < -0.39 is 46.0 Å². The molecule has 1 heterocycles. The molecule has 14 nitrogen and oxygen atoms in total. The van der Waals surface area contributed by atoms with Crippen LogP contribution in [0.5, 0.6) is 0 Å². The van der Waals surface area contributed by atoms with E-state index in [2.05, 4.69) is 15.0 Å². The van der Waals surface area contributed by atoms with Crippen LogP contribution in [-0.4, -0.2) is 66.0 Å². The molecule has 4 aromatic rings. The minimum Gasteiger partial charge on any atom is -0.480 e. The number of carboxylic acid groups (broad SMARTS) is 1. The number of hydrogen-bond donors (Lipinski definition) is 3. The highest BCUT2D eigenvalue weighted by Crippen LogP contribution is 2.44. The van der Waals surface area contributed by atoms with Crippen LogP contribution in [0.3, 0.4) is 0 Å². The third kappa shape index (κ3) is 7.95. The van der Waals surface area contributed by atoms with Crippen molar-refractivity contribution in [1.29, 1.82) is 0 Å². The van der Waals surface area contributed by atoms with Gasteiger partial charge in [-0.2, -0.15) is 0 Å². The number of rotatable bonds is 13. The van der Waals surface area contributed by atoms with Crippen LogP contribution in [0.2, 0.25) is 0 Å². The number of aliphatic carboxylic acids is 1. The highest BCUT2D eigenvalue weighted by atomic mass is 32.2. The number of nitro groups is 1. The van der Waals surface area contributed by atoms with Gasteiger partial charge < -0.3 is 15.2 Å². The third-order valence-electron chi connectivity index (χ3n) is 7.39. The number of sulfonamides is 1. The molecule has 47 heavy (non-hydrogen) atoms. The molecule has 0 atom stereocenters. The van der Waals surface area contributed by atoms with Crippen molar-refractivity contribution < 1.29 is 37.6 Å². The molecule has 0 bridgehead atoms. The van der Waals surface area contributed by atoms with E-state index in [4.69, 9.17) is 4.74 Å². The first-order chi connectivity index (χ1) is 22.5. The number of ether oxygens (including phenoxy) is 1. The van der Waals surface area contributed by atoms with Crippen LogP contribution in [0.1, 0.15) is 28.4 Å². The maximum Gasteiger partial charge on any atom is 0.410 e. The predicted molar refractivity (Wildman–Crippen MR) is 167 cm³/mol. The molecular weight excluding hydrogens is 630 g/mol. The van der Waals surface area contributed by atoms with Crippen molar-refractivity contribution in [3.63, 3.8) is 0 Å². The summed E-state index contributed by atoms with van der Waals surface area (Å²) in [5.41, 5.74) is 4.49. The number of carbonyl (C=O) groups excluding carboxylic acids is 2. The van der Waals surface area contributed by atoms with E-state index in [9.17, 15) is 38.0 Å². The fourth-order valence-corrected chi connectivity index (χ4v) is 6.18. The Kier molecular flexibility index (Phi) is 9.87. The highest BCUT2D eigenvalue weighted by molar-refractivity contribution is 7.89. The van der Waals surface area contributed by atoms with E-state index in [1.54, 1.807) is 18.2 Å². The Bertz CT molecular complexity index is 1890. The van der Waals surface area contributed by atoms with Crippen LogP contribution in [0.4, 0.5) is 10.5 Å². The first-order valence-electron chi connectivity index (χ1n) is 14.3. The molecule has 3 N–H and O–H groups in total. The van der Waals surface area contributed by atoms with E-state index in [1.165, 1.54) is 0 Å². The molecule has 2 amide bonds. The Labute approximate surface area is 269 Å². The van der Waals surface area contributed by atoms with Gasteiger partial charge in [0.1, 0.15) is 19.7 Å². The second-order valence-electron chi connectivity index (χ2n) is 10.5. The zero-order chi connectivity index (χ0) is 33.6. The van der Waals surface area contributed by atoms with Crippen molar-refractivity contribution in [1.82, 2.24) is 19.9 Å². The molecule has 0 radical (unpaired) electrons. The number of amides is 2. The lowest BCUT2D eigenvalue weighted by Gasteiger charge is -2.21. The maximum absolute atomic E-state index is 13.0. The van der Waals surface area contributed by atoms with Crippen LogP contribution < -0.4 is 10.0 Å². The number of fused-ring (bicyclic) bond motifs is 3. The molecule has 242 valence electrons. The van der Waals surface area contributed by atoms with E-state index in [1.807, 2.05) is 48.5 Å². The molecule has 0 fully saturated rings. The number of nitrogens with zero attached hydrogens (tertiary/aromatic N) is 3. The molecule has 0 spiro atoms. The predicted octanol–water partition coefficient (Wildman–Crippen LogP) is 3.42. The number of nitrogens with one attached hydrogen (secondary N) is 2. The van der Waals surface area contributed by atoms with Gasteiger partial charge in [-0.1, -0.05) is 54.6 Å². The molecule has 3 aromatic carbocycles. The Morgan fingerprint density at radius 1 is 0.851 bits per heavy atom. The number of hydrogen-bond acceptors (Lipinski definition) is 9. The Morgan fingerprint density at radius 3 is 2.04 bits per heavy atom. The highest BCUT2D eigenvalue weighted by Gasteiger charge is 2.30. The minimum atomic E-state index is -3.99. The average molecular weight is 660 g/mol. The van der Waals surface area contributed by atoms with Crippen LogP contribution in [0.25, 0.3) is 11.1 Å². The summed E-state index contributed by atoms with van der Waals surface area (Å²) in [7, 11) is -3.99. The molecular formula is C32H29N5O9S. The molecule has 0 aliphatic heterocycles. The van der Waals surface area contributed by atoms with Crippen molar-refractivity contribution in [3.05, 3.63) is 124 Å². The largest absolute Gasteiger partial charge is 0.480 e. The van der Waals surface area contributed by atoms with Crippen LogP contribution >= 0.6 is 0 Å². The van der Waals surface area contributed by atoms with Crippen molar-refractivity contribution in [2.45, 2.75) is 23.9 Å². The zero-order valence-electron chi connectivity index (χ0n) is 24.7. The Morgan fingerprint density at radius 2 is 1.45 bits per heavy atom. The number of carbonyl (C=O) groups is 3. The van der Waals surface area contributed by atoms with Crippen molar-refractivity contribution >= 4 is 33.7 Å². The van der Waals surface area contributed by atoms with Gasteiger partial charge in [-0.3, -0.25) is 29.6 Å². The fraction of sp³-hybridized carbons (Fsp3) is 0.188. The average Bonchev–Trinajstić information content (AvgIpc) is 3.38. The van der Waals surface area contributed by atoms with E-state index in [-0.39, 0.29) is 36.2 Å². The van der Waals surface area contributed by atoms with Gasteiger partial charge in [0.25, 0.3) is 5.69 Å². The van der Waals surface area contributed by atoms with Gasteiger partial charge in [-0.05, 0) is 46.5 Å². The monoisotopic (exact) mass is 659 g/mol. The van der Waals surface area contributed by atoms with Gasteiger partial charge in [0, 0.05) is 18.1 Å². The number of aromatic nitrogens is 1. The lowest BCUT2D eigenvalue weighted by molar-refractivity contribution is -0.384. The minimum absolute atomic E-state index is 0.0464. The summed E-state index contributed by atoms with van der Waals surface area (Å²) >= 11 is 0. The summed E-state index contributed by atoms with van der Waals surface area (Å²) in [6.45, 7) is -1.68. The smallest absolute Gasteiger partial charge is 0.410 e. The van der Waals surface area contributed by atoms with E-state index in [0.717, 1.165) is 51.4 Å². The quantitative estimate of drug-likeness (QED) is 0.141. The molecule has 0 saturated heterocycles. The maximum atomic E-state index is 13.0. The molecule has 15 heteroatoms. The first-order valence-corrected chi connectivity index (χ1v) is 15.8. The number of non-ortho nitro benzene ring substituents is 1. The van der Waals surface area contributed by atoms with Crippen LogP contribution in [0, 0.1) is 10.1 Å². The molecule has 0 saturated carbocycles. The summed E-state index contributed by atoms with van der Waals surface area (Å²) in [6, 6.07) is 24.7. The van der Waals surface area contributed by atoms with E-state index in [0.29, 0.717) is 11.4 Å². The van der Waals surface area contributed by atoms with Crippen LogP contribution in [-0.2, 0) is 37.4 Å². The van der Waals surface area contributed by atoms with Crippen molar-refractivity contribution in [3.8, 4) is 11.1 Å². The Hall–Kier alpha value is -5.67. The van der Waals surface area contributed by atoms with Gasteiger partial charge in [0.2, 0.25) is 15.9 Å². The summed E-state index contributed by atoms with van der Waals surface area (Å²) in [4.78, 5) is 52.4. The van der Waals surface area contributed by atoms with Gasteiger partial charge in [-0.15, -0.1) is 0 Å². The van der Waals surface area contributed by atoms with Gasteiger partial charge in [-0.25, -0.2) is 17.9 Å². The number of pyridine rings is 1. The second-order valence-corrected chi connectivity index (χ2v) is 12.3. The zero-order valence-corrected chi connectivity index (χ0v) is 25.6. The van der Waals surface area contributed by atoms with Gasteiger partial charge >= 0.3 is 12.1 Å². The van der Waals surface area contributed by atoms with Gasteiger partial charge in [0.05, 0.1) is 34.3 Å². The van der Waals surface area contributed by atoms with Crippen LogP contribution in [0.15, 0.2) is 95.9 Å². The third-order valence-corrected chi connectivity index (χ3v) is 8.80. The lowest BCUT2D eigenvalue weighted by atomic mass is 9.98. The first kappa shape index (κ1) is 32.7. The normalized spacial score (nSPS) is 12.1. The summed E-state index contributed by atoms with van der Waals surface area (Å²) < 4.78 is 33.1. The molecule has 1 aliphatic carbocycles. The number of benzene rings is 3. The van der Waals surface area contributed by atoms with Gasteiger partial charge in [0.15, 0.2) is 0 Å². The number of nitro benzene ring substituents is 1. The second kappa shape index (κ2) is 14.2. The summed E-state index contributed by atoms with van der Waals surface area (Å²) in [6.07, 6.45) is -0.954. The Balaban J connectivity index is 1.15. The standard InChI is InChI=1S/C32H29N5O9S/c38-30(33-16-21-6-5-7-22(35-21)17-34-47(44,45)24-14-12-23(13-15-24)37(42)43)18-36(19-31(39)40)32(41)46-20-29-27-10-3-1-8-25(27)26-9-2-4-11-28(26)29/h1-15,29,34H,16-20H2,(H,33,38)(H,39,40). The fourth-order valence-electron chi connectivity index (χ4n) is 5.18. The van der Waals surface area contributed by atoms with Crippen molar-refractivity contribution in [2.75, 3.05) is 19.7 Å². The SMILES string of the molecule is O=C(O)CN(CC(=O)NCc1cccc(CNS(=O)(=O)c2ccc([N+](=O)[O-])cc2)n1)C(=O)OCC1c2ccccc2-c2ccccc21. The molecule has 5 rings (SSSR count). The topological polar surface area (TPSA) is 198 Å². The lowest BCUT2D eigenvalue weighted by Crippen LogP contribution is -2.43. The molecule has 1 aliphatic rings. The summed E-state index contributed by atoms with van der Waals surface area (Å²) in [5.74, 6) is -2.23. The number of carboxylic acids is 1. The molecule has 1 aromatic heterocycles. The van der Waals surface area contributed by atoms with Crippen molar-refractivity contribution in [2.24, 2.45) is 0 Å². The van der Waals surface area contributed by atoms with E-state index >= 15 is 0 Å². The summed E-state index contributed by atoms with van der Waals surface area (Å²) in [5, 5.41) is 22.8. The molecule has 0 unspecified atom stereocenters.